The first-order chi connectivity index (χ1) is 24.3. The van der Waals surface area contributed by atoms with E-state index in [4.69, 9.17) is 9.97 Å². The fraction of sp³-hybridized carbons (Fsp3) is 0.0435. The van der Waals surface area contributed by atoms with Gasteiger partial charge in [-0.25, -0.2) is 4.98 Å². The monoisotopic (exact) mass is 642 g/mol. The summed E-state index contributed by atoms with van der Waals surface area (Å²) in [4.78, 5) is 10.2. The fourth-order valence-electron chi connectivity index (χ4n) is 7.48. The molecule has 0 amide bonds. The van der Waals surface area contributed by atoms with Crippen molar-refractivity contribution < 1.29 is 0 Å². The number of thiophene rings is 1. The van der Waals surface area contributed by atoms with Gasteiger partial charge < -0.3 is 0 Å². The van der Waals surface area contributed by atoms with Gasteiger partial charge in [-0.05, 0) is 75.7 Å². The molecule has 0 saturated carbocycles. The molecule has 3 heteroatoms. The highest BCUT2D eigenvalue weighted by atomic mass is 32.1. The van der Waals surface area contributed by atoms with E-state index in [1.54, 1.807) is 0 Å². The van der Waals surface area contributed by atoms with Gasteiger partial charge in [-0.2, -0.15) is 0 Å². The quantitative estimate of drug-likeness (QED) is 0.179. The van der Waals surface area contributed by atoms with Crippen LogP contribution in [0, 0.1) is 0 Å². The largest absolute Gasteiger partial charge is 0.252 e. The smallest absolute Gasteiger partial charge is 0.0979 e. The van der Waals surface area contributed by atoms with Crippen molar-refractivity contribution in [3.05, 3.63) is 163 Å². The highest BCUT2D eigenvalue weighted by molar-refractivity contribution is 7.26. The molecule has 0 N–H and O–H groups in total. The van der Waals surface area contributed by atoms with Crippen molar-refractivity contribution in [1.29, 1.82) is 0 Å². The summed E-state index contributed by atoms with van der Waals surface area (Å²) in [7, 11) is 0. The van der Waals surface area contributed by atoms with Crippen LogP contribution >= 0.6 is 11.3 Å². The summed E-state index contributed by atoms with van der Waals surface area (Å²) in [6.45, 7) is 0. The van der Waals surface area contributed by atoms with E-state index in [2.05, 4.69) is 152 Å². The lowest BCUT2D eigenvalue weighted by Crippen LogP contribution is -1.92. The van der Waals surface area contributed by atoms with E-state index in [1.807, 2.05) is 17.5 Å². The zero-order chi connectivity index (χ0) is 32.3. The van der Waals surface area contributed by atoms with Crippen molar-refractivity contribution in [3.63, 3.8) is 0 Å². The van der Waals surface area contributed by atoms with Gasteiger partial charge in [0.05, 0.1) is 22.9 Å². The molecular formula is C46H30N2S. The van der Waals surface area contributed by atoms with E-state index < -0.39 is 0 Å². The van der Waals surface area contributed by atoms with Gasteiger partial charge in [0.15, 0.2) is 0 Å². The van der Waals surface area contributed by atoms with Gasteiger partial charge in [0.2, 0.25) is 0 Å². The highest BCUT2D eigenvalue weighted by Gasteiger charge is 2.16. The van der Waals surface area contributed by atoms with Crippen molar-refractivity contribution in [3.8, 4) is 33.5 Å². The topological polar surface area (TPSA) is 25.8 Å². The number of hydrogen-bond donors (Lipinski definition) is 0. The van der Waals surface area contributed by atoms with Crippen molar-refractivity contribution >= 4 is 69.7 Å². The zero-order valence-corrected chi connectivity index (χ0v) is 27.5. The van der Waals surface area contributed by atoms with Crippen LogP contribution < -0.4 is 0 Å². The summed E-state index contributed by atoms with van der Waals surface area (Å²) in [5.41, 5.74) is 11.3. The van der Waals surface area contributed by atoms with E-state index in [9.17, 15) is 0 Å². The Kier molecular flexibility index (Phi) is 6.53. The number of hydrogen-bond acceptors (Lipinski definition) is 3. The summed E-state index contributed by atoms with van der Waals surface area (Å²) in [5.74, 6) is 0. The molecule has 0 spiro atoms. The second kappa shape index (κ2) is 11.4. The maximum Gasteiger partial charge on any atom is 0.0979 e. The Balaban J connectivity index is 1.12. The van der Waals surface area contributed by atoms with Gasteiger partial charge in [-0.1, -0.05) is 127 Å². The molecule has 230 valence electrons. The highest BCUT2D eigenvalue weighted by Crippen LogP contribution is 2.44. The molecule has 0 aliphatic heterocycles. The Morgan fingerprint density at radius 2 is 1.16 bits per heavy atom. The minimum atomic E-state index is 0.878. The molecule has 9 aromatic rings. The van der Waals surface area contributed by atoms with Gasteiger partial charge in [0, 0.05) is 42.1 Å². The van der Waals surface area contributed by atoms with Crippen LogP contribution in [0.15, 0.2) is 158 Å². The molecule has 1 aliphatic carbocycles. The van der Waals surface area contributed by atoms with Crippen molar-refractivity contribution in [1.82, 2.24) is 9.97 Å². The van der Waals surface area contributed by atoms with Crippen molar-refractivity contribution in [2.45, 2.75) is 12.8 Å². The Hall–Kier alpha value is -5.90. The number of rotatable bonds is 4. The molecule has 0 radical (unpaired) electrons. The summed E-state index contributed by atoms with van der Waals surface area (Å²) in [6, 6.07) is 48.4. The van der Waals surface area contributed by atoms with E-state index >= 15 is 0 Å². The molecule has 2 heterocycles. The van der Waals surface area contributed by atoms with Gasteiger partial charge in [0.1, 0.15) is 0 Å². The van der Waals surface area contributed by atoms with Gasteiger partial charge >= 0.3 is 0 Å². The first-order valence-corrected chi connectivity index (χ1v) is 17.7. The average Bonchev–Trinajstić information content (AvgIpc) is 3.56. The minimum absolute atomic E-state index is 0.878. The first kappa shape index (κ1) is 28.1. The van der Waals surface area contributed by atoms with E-state index in [0.717, 1.165) is 45.9 Å². The maximum atomic E-state index is 5.24. The molecule has 2 aromatic heterocycles. The van der Waals surface area contributed by atoms with E-state index in [-0.39, 0.29) is 0 Å². The normalized spacial score (nSPS) is 13.2. The first-order valence-electron chi connectivity index (χ1n) is 16.9. The van der Waals surface area contributed by atoms with Crippen LogP contribution in [0.1, 0.15) is 18.4 Å². The van der Waals surface area contributed by atoms with Crippen LogP contribution in [0.25, 0.3) is 91.8 Å². The molecule has 0 bridgehead atoms. The number of allylic oxidation sites excluding steroid dienone is 4. The Morgan fingerprint density at radius 1 is 0.490 bits per heavy atom. The van der Waals surface area contributed by atoms with Crippen molar-refractivity contribution in [2.24, 2.45) is 0 Å². The van der Waals surface area contributed by atoms with Crippen LogP contribution in [-0.2, 0) is 0 Å². The lowest BCUT2D eigenvalue weighted by Gasteiger charge is -2.11. The molecule has 49 heavy (non-hydrogen) atoms. The van der Waals surface area contributed by atoms with Crippen LogP contribution in [0.4, 0.5) is 0 Å². The molecule has 2 nitrogen and oxygen atoms in total. The molecular weight excluding hydrogens is 613 g/mol. The summed E-state index contributed by atoms with van der Waals surface area (Å²) < 4.78 is 2.63. The van der Waals surface area contributed by atoms with Crippen LogP contribution in [0.2, 0.25) is 0 Å². The SMILES string of the molecule is C1=CC(c2ccc3sc4c(-c5ccc(-c6cnc7c8ccccc8c8ccccc8c7n6)cc5)cc(-c5ccccc5)cc4c3c2)=CCC1. The summed E-state index contributed by atoms with van der Waals surface area (Å²) in [5, 5.41) is 7.31. The Bertz CT molecular complexity index is 2770. The number of fused-ring (bicyclic) bond motifs is 9. The third-order valence-electron chi connectivity index (χ3n) is 9.92. The number of benzene rings is 7. The molecule has 7 aromatic carbocycles. The summed E-state index contributed by atoms with van der Waals surface area (Å²) >= 11 is 1.89. The van der Waals surface area contributed by atoms with E-state index in [1.165, 1.54) is 64.3 Å². The van der Waals surface area contributed by atoms with Crippen LogP contribution in [0.5, 0.6) is 0 Å². The molecule has 0 atom stereocenters. The second-order valence-electron chi connectivity index (χ2n) is 12.8. The van der Waals surface area contributed by atoms with Gasteiger partial charge in [-0.15, -0.1) is 11.3 Å². The van der Waals surface area contributed by atoms with E-state index in [0.29, 0.717) is 0 Å². The van der Waals surface area contributed by atoms with Crippen LogP contribution in [0.3, 0.4) is 0 Å². The predicted octanol–water partition coefficient (Wildman–Crippen LogP) is 13.0. The fourth-order valence-corrected chi connectivity index (χ4v) is 8.68. The lowest BCUT2D eigenvalue weighted by atomic mass is 9.94. The average molecular weight is 643 g/mol. The van der Waals surface area contributed by atoms with Gasteiger partial charge in [0.25, 0.3) is 0 Å². The zero-order valence-electron chi connectivity index (χ0n) is 26.7. The number of nitrogens with zero attached hydrogens (tertiary/aromatic N) is 2. The second-order valence-corrected chi connectivity index (χ2v) is 13.9. The van der Waals surface area contributed by atoms with Crippen LogP contribution in [-0.4, -0.2) is 9.97 Å². The third kappa shape index (κ3) is 4.69. The standard InChI is InChI=1S/C46H30N2S/c1-3-11-29(12-4-1)33-23-24-43-40(25-33)41-27-34(30-13-5-2-6-14-30)26-39(46(41)49-43)31-19-21-32(22-20-31)42-28-47-44-37-17-9-7-15-35(37)36-16-8-10-18-38(36)45(44)48-42/h2-3,5-28H,1,4H2. The predicted molar refractivity (Wildman–Crippen MR) is 210 cm³/mol. The minimum Gasteiger partial charge on any atom is -0.252 e. The third-order valence-corrected chi connectivity index (χ3v) is 11.1. The molecule has 1 aliphatic rings. The maximum absolute atomic E-state index is 5.24. The Labute approximate surface area is 288 Å². The van der Waals surface area contributed by atoms with Gasteiger partial charge in [-0.3, -0.25) is 4.98 Å². The lowest BCUT2D eigenvalue weighted by molar-refractivity contribution is 1.04. The molecule has 0 unspecified atom stereocenters. The summed E-state index contributed by atoms with van der Waals surface area (Å²) in [6.07, 6.45) is 11.1. The Morgan fingerprint density at radius 3 is 1.92 bits per heavy atom. The molecule has 0 fully saturated rings. The molecule has 10 rings (SSSR count). The van der Waals surface area contributed by atoms with Crippen molar-refractivity contribution in [2.75, 3.05) is 0 Å². The molecule has 0 saturated heterocycles. The number of aromatic nitrogens is 2.